The monoisotopic (exact) mass is 398 g/mol. The summed E-state index contributed by atoms with van der Waals surface area (Å²) in [6.07, 6.45) is 4.60. The molecule has 0 aliphatic carbocycles. The van der Waals surface area contributed by atoms with Crippen LogP contribution >= 0.6 is 0 Å². The number of nitrogens with zero attached hydrogens (tertiary/aromatic N) is 2. The lowest BCUT2D eigenvalue weighted by Crippen LogP contribution is -2.41. The molecule has 0 unspecified atom stereocenters. The summed E-state index contributed by atoms with van der Waals surface area (Å²) in [4.78, 5) is 35.0. The van der Waals surface area contributed by atoms with Gasteiger partial charge in [-0.3, -0.25) is 10.1 Å². The van der Waals surface area contributed by atoms with Gasteiger partial charge in [-0.2, -0.15) is 5.10 Å². The minimum absolute atomic E-state index is 0.480. The number of carbonyl (C=O) groups is 3. The largest absolute Gasteiger partial charge is 0.452 e. The fourth-order valence-corrected chi connectivity index (χ4v) is 2.64. The third kappa shape index (κ3) is 6.60. The van der Waals surface area contributed by atoms with Crippen molar-refractivity contribution < 1.29 is 19.1 Å². The Morgan fingerprint density at radius 2 is 1.90 bits per heavy atom. The third-order valence-corrected chi connectivity index (χ3v) is 4.15. The molecule has 1 aromatic carbocycles. The van der Waals surface area contributed by atoms with E-state index in [1.54, 1.807) is 10.8 Å². The number of urea groups is 1. The van der Waals surface area contributed by atoms with Crippen molar-refractivity contribution in [3.63, 3.8) is 0 Å². The predicted molar refractivity (Wildman–Crippen MR) is 109 cm³/mol. The molecule has 2 rings (SSSR count). The van der Waals surface area contributed by atoms with Crippen LogP contribution in [0.5, 0.6) is 0 Å². The number of esters is 1. The lowest BCUT2D eigenvalue weighted by Gasteiger charge is -2.06. The fraction of sp³-hybridized carbons (Fsp3) is 0.333. The standard InChI is InChI=1S/C21H26N4O4/c1-4-5-13-22-21(28)23-19(26)14-29-20(27)12-11-18-15(2)24-25(16(18)3)17-9-7-6-8-10-17/h6-12H,4-5,13-14H2,1-3H3,(H2,22,23,26,28)/b12-11+. The Bertz CT molecular complexity index is 888. The number of nitrogens with one attached hydrogen (secondary N) is 2. The summed E-state index contributed by atoms with van der Waals surface area (Å²) in [6, 6.07) is 9.06. The molecule has 29 heavy (non-hydrogen) atoms. The Hall–Kier alpha value is -3.42. The Morgan fingerprint density at radius 1 is 1.17 bits per heavy atom. The zero-order valence-electron chi connectivity index (χ0n) is 16.9. The van der Waals surface area contributed by atoms with Crippen molar-refractivity contribution in [1.29, 1.82) is 0 Å². The number of rotatable bonds is 8. The molecular formula is C21H26N4O4. The first kappa shape index (κ1) is 21.9. The van der Waals surface area contributed by atoms with Gasteiger partial charge in [0.05, 0.1) is 11.4 Å². The summed E-state index contributed by atoms with van der Waals surface area (Å²) in [5.41, 5.74) is 3.35. The summed E-state index contributed by atoms with van der Waals surface area (Å²) >= 11 is 0. The fourth-order valence-electron chi connectivity index (χ4n) is 2.64. The highest BCUT2D eigenvalue weighted by atomic mass is 16.5. The molecule has 8 heteroatoms. The average Bonchev–Trinajstić information content (AvgIpc) is 2.99. The normalized spacial score (nSPS) is 10.7. The molecule has 0 aliphatic heterocycles. The smallest absolute Gasteiger partial charge is 0.331 e. The van der Waals surface area contributed by atoms with Crippen molar-refractivity contribution in [3.8, 4) is 5.69 Å². The van der Waals surface area contributed by atoms with E-state index in [2.05, 4.69) is 15.7 Å². The number of unbranched alkanes of at least 4 members (excludes halogenated alkanes) is 1. The first-order valence-electron chi connectivity index (χ1n) is 9.46. The van der Waals surface area contributed by atoms with Gasteiger partial charge in [0.1, 0.15) is 0 Å². The van der Waals surface area contributed by atoms with Crippen molar-refractivity contribution in [2.45, 2.75) is 33.6 Å². The summed E-state index contributed by atoms with van der Waals surface area (Å²) in [7, 11) is 0. The van der Waals surface area contributed by atoms with Crippen molar-refractivity contribution in [2.24, 2.45) is 0 Å². The Morgan fingerprint density at radius 3 is 2.59 bits per heavy atom. The zero-order valence-corrected chi connectivity index (χ0v) is 16.9. The number of imide groups is 1. The first-order valence-corrected chi connectivity index (χ1v) is 9.46. The number of amides is 3. The molecule has 0 aliphatic rings. The maximum Gasteiger partial charge on any atom is 0.331 e. The van der Waals surface area contributed by atoms with Crippen LogP contribution < -0.4 is 10.6 Å². The van der Waals surface area contributed by atoms with E-state index in [1.165, 1.54) is 6.08 Å². The van der Waals surface area contributed by atoms with Crippen molar-refractivity contribution >= 4 is 24.0 Å². The van der Waals surface area contributed by atoms with Gasteiger partial charge in [-0.1, -0.05) is 31.5 Å². The van der Waals surface area contributed by atoms with E-state index in [9.17, 15) is 14.4 Å². The summed E-state index contributed by atoms with van der Waals surface area (Å²) in [5.74, 6) is -1.37. The molecule has 2 aromatic rings. The number of benzene rings is 1. The van der Waals surface area contributed by atoms with E-state index in [1.807, 2.05) is 51.1 Å². The van der Waals surface area contributed by atoms with Crippen molar-refractivity contribution in [3.05, 3.63) is 53.4 Å². The summed E-state index contributed by atoms with van der Waals surface area (Å²) in [6.45, 7) is 5.69. The molecule has 2 N–H and O–H groups in total. The molecule has 8 nitrogen and oxygen atoms in total. The highest BCUT2D eigenvalue weighted by Gasteiger charge is 2.12. The number of aromatic nitrogens is 2. The molecule has 0 spiro atoms. The highest BCUT2D eigenvalue weighted by molar-refractivity contribution is 5.96. The van der Waals surface area contributed by atoms with E-state index in [-0.39, 0.29) is 0 Å². The van der Waals surface area contributed by atoms with Gasteiger partial charge >= 0.3 is 12.0 Å². The second-order valence-electron chi connectivity index (χ2n) is 6.43. The van der Waals surface area contributed by atoms with E-state index in [0.717, 1.165) is 35.5 Å². The van der Waals surface area contributed by atoms with Gasteiger partial charge in [-0.25, -0.2) is 14.3 Å². The summed E-state index contributed by atoms with van der Waals surface area (Å²) < 4.78 is 6.67. The lowest BCUT2D eigenvalue weighted by atomic mass is 10.2. The minimum atomic E-state index is -0.690. The van der Waals surface area contributed by atoms with Crippen LogP contribution in [0.3, 0.4) is 0 Å². The number of para-hydroxylation sites is 1. The van der Waals surface area contributed by atoms with Crippen LogP contribution in [-0.2, 0) is 14.3 Å². The number of hydrogen-bond donors (Lipinski definition) is 2. The molecule has 0 fully saturated rings. The van der Waals surface area contributed by atoms with Crippen LogP contribution in [0.25, 0.3) is 11.8 Å². The number of carbonyl (C=O) groups excluding carboxylic acids is 3. The molecule has 0 saturated heterocycles. The first-order chi connectivity index (χ1) is 13.9. The van der Waals surface area contributed by atoms with Crippen LogP contribution in [0.15, 0.2) is 36.4 Å². The van der Waals surface area contributed by atoms with Crippen LogP contribution in [0.1, 0.15) is 36.7 Å². The van der Waals surface area contributed by atoms with Gasteiger partial charge in [-0.15, -0.1) is 0 Å². The molecule has 1 aromatic heterocycles. The molecule has 0 radical (unpaired) electrons. The Kier molecular flexibility index (Phi) is 8.14. The van der Waals surface area contributed by atoms with Gasteiger partial charge < -0.3 is 10.1 Å². The predicted octanol–water partition coefficient (Wildman–Crippen LogP) is 2.67. The Balaban J connectivity index is 1.89. The van der Waals surface area contributed by atoms with E-state index in [4.69, 9.17) is 4.74 Å². The number of aryl methyl sites for hydroxylation is 1. The Labute approximate surface area is 169 Å². The molecule has 0 atom stereocenters. The van der Waals surface area contributed by atoms with Gasteiger partial charge in [0.15, 0.2) is 6.61 Å². The molecular weight excluding hydrogens is 372 g/mol. The molecule has 0 bridgehead atoms. The van der Waals surface area contributed by atoms with Crippen LogP contribution in [0.2, 0.25) is 0 Å². The number of ether oxygens (including phenoxy) is 1. The van der Waals surface area contributed by atoms with Crippen molar-refractivity contribution in [2.75, 3.05) is 13.2 Å². The van der Waals surface area contributed by atoms with E-state index >= 15 is 0 Å². The maximum absolute atomic E-state index is 11.9. The van der Waals surface area contributed by atoms with Gasteiger partial charge in [0, 0.05) is 23.9 Å². The van der Waals surface area contributed by atoms with Gasteiger partial charge in [0.2, 0.25) is 0 Å². The highest BCUT2D eigenvalue weighted by Crippen LogP contribution is 2.19. The summed E-state index contributed by atoms with van der Waals surface area (Å²) in [5, 5.41) is 9.15. The van der Waals surface area contributed by atoms with E-state index in [0.29, 0.717) is 6.54 Å². The molecule has 154 valence electrons. The molecule has 1 heterocycles. The average molecular weight is 398 g/mol. The molecule has 0 saturated carbocycles. The SMILES string of the molecule is CCCCNC(=O)NC(=O)COC(=O)/C=C/c1c(C)nn(-c2ccccc2)c1C. The van der Waals surface area contributed by atoms with E-state index < -0.39 is 24.5 Å². The van der Waals surface area contributed by atoms with Gasteiger partial charge in [0.25, 0.3) is 5.91 Å². The molecule has 3 amide bonds. The van der Waals surface area contributed by atoms with Gasteiger partial charge in [-0.05, 0) is 38.5 Å². The quantitative estimate of drug-likeness (QED) is 0.404. The number of hydrogen-bond acceptors (Lipinski definition) is 5. The second-order valence-corrected chi connectivity index (χ2v) is 6.43. The lowest BCUT2D eigenvalue weighted by molar-refractivity contribution is -0.143. The minimum Gasteiger partial charge on any atom is -0.452 e. The third-order valence-electron chi connectivity index (χ3n) is 4.15. The van der Waals surface area contributed by atoms with Crippen LogP contribution in [-0.4, -0.2) is 40.8 Å². The van der Waals surface area contributed by atoms with Crippen molar-refractivity contribution in [1.82, 2.24) is 20.4 Å². The zero-order chi connectivity index (χ0) is 21.2. The second kappa shape index (κ2) is 10.8. The topological polar surface area (TPSA) is 102 Å². The van der Waals surface area contributed by atoms with Crippen LogP contribution in [0.4, 0.5) is 4.79 Å². The maximum atomic E-state index is 11.9. The van der Waals surface area contributed by atoms with Crippen LogP contribution in [0, 0.1) is 13.8 Å².